The lowest BCUT2D eigenvalue weighted by molar-refractivity contribution is -0.144. The number of nitrogens with one attached hydrogen (secondary N) is 4. The van der Waals surface area contributed by atoms with Crippen molar-refractivity contribution in [1.29, 1.82) is 0 Å². The molecule has 3 fully saturated rings. The van der Waals surface area contributed by atoms with Crippen LogP contribution in [0.25, 0.3) is 0 Å². The van der Waals surface area contributed by atoms with E-state index in [4.69, 9.17) is 0 Å². The molecule has 6 atom stereocenters. The Bertz CT molecular complexity index is 1400. The van der Waals surface area contributed by atoms with Gasteiger partial charge in [0, 0.05) is 32.7 Å². The molecule has 0 aromatic heterocycles. The molecule has 0 bridgehead atoms. The third-order valence-corrected chi connectivity index (χ3v) is 11.9. The van der Waals surface area contributed by atoms with Gasteiger partial charge >= 0.3 is 6.03 Å². The van der Waals surface area contributed by atoms with Crippen LogP contribution >= 0.6 is 0 Å². The predicted octanol–water partition coefficient (Wildman–Crippen LogP) is 2.43. The van der Waals surface area contributed by atoms with E-state index < -0.39 is 74.6 Å². The Kier molecular flexibility index (Phi) is 12.4. The van der Waals surface area contributed by atoms with Crippen LogP contribution in [0.1, 0.15) is 87.5 Å². The number of rotatable bonds is 14. The van der Waals surface area contributed by atoms with Crippen molar-refractivity contribution in [1.82, 2.24) is 30.5 Å². The molecule has 0 radical (unpaired) electrons. The Balaban J connectivity index is 1.90. The van der Waals surface area contributed by atoms with Crippen molar-refractivity contribution in [2.24, 2.45) is 34.0 Å². The molecule has 1 aliphatic heterocycles. The Labute approximate surface area is 293 Å². The van der Waals surface area contributed by atoms with Crippen LogP contribution < -0.4 is 21.3 Å². The van der Waals surface area contributed by atoms with Crippen molar-refractivity contribution in [3.8, 4) is 0 Å². The molecule has 3 rings (SSSR count). The molecule has 278 valence electrons. The van der Waals surface area contributed by atoms with Gasteiger partial charge in [0.05, 0.1) is 12.3 Å². The number of hydrogen-bond donors (Lipinski definition) is 4. The van der Waals surface area contributed by atoms with Crippen molar-refractivity contribution in [2.45, 2.75) is 112 Å². The van der Waals surface area contributed by atoms with Gasteiger partial charge in [-0.25, -0.2) is 17.5 Å². The largest absolute Gasteiger partial charge is 0.346 e. The van der Waals surface area contributed by atoms with Gasteiger partial charge < -0.3 is 26.2 Å². The molecule has 0 spiro atoms. The maximum Gasteiger partial charge on any atom is 0.315 e. The molecular formula is C35H60N6O7S. The van der Waals surface area contributed by atoms with Crippen LogP contribution in [0.15, 0.2) is 12.7 Å². The first-order chi connectivity index (χ1) is 22.4. The second-order valence-electron chi connectivity index (χ2n) is 17.2. The quantitative estimate of drug-likeness (QED) is 0.158. The third kappa shape index (κ3) is 10.3. The maximum absolute atomic E-state index is 14.6. The zero-order chi connectivity index (χ0) is 37.3. The molecule has 1 heterocycles. The van der Waals surface area contributed by atoms with Crippen LogP contribution in [-0.2, 0) is 29.2 Å². The van der Waals surface area contributed by atoms with Gasteiger partial charge in [-0.15, -0.1) is 6.58 Å². The first kappa shape index (κ1) is 40.4. The number of likely N-dealkylation sites (tertiary alicyclic amines) is 1. The molecule has 1 saturated heterocycles. The molecule has 5 amide bonds. The number of nitrogens with zero attached hydrogens (tertiary/aromatic N) is 2. The summed E-state index contributed by atoms with van der Waals surface area (Å²) < 4.78 is 25.5. The smallest absolute Gasteiger partial charge is 0.315 e. The Hall–Kier alpha value is -3.00. The molecule has 4 N–H and O–H groups in total. The lowest BCUT2D eigenvalue weighted by atomic mass is 9.79. The summed E-state index contributed by atoms with van der Waals surface area (Å²) in [6.45, 7) is 19.5. The first-order valence-corrected chi connectivity index (χ1v) is 19.3. The summed E-state index contributed by atoms with van der Waals surface area (Å²) in [4.78, 5) is 69.8. The van der Waals surface area contributed by atoms with Crippen molar-refractivity contribution in [3.05, 3.63) is 12.7 Å². The molecule has 3 aliphatic rings. The fraction of sp³-hybridized carbons (Fsp3) is 0.800. The lowest BCUT2D eigenvalue weighted by Gasteiger charge is -2.38. The number of Topliss-reactive ketones (excluding diaryl/α,β-unsaturated/α-hetero) is 1. The highest BCUT2D eigenvalue weighted by Gasteiger charge is 2.57. The van der Waals surface area contributed by atoms with Crippen molar-refractivity contribution < 1.29 is 32.4 Å². The summed E-state index contributed by atoms with van der Waals surface area (Å²) >= 11 is 0. The number of carbonyl (C=O) groups is 5. The Morgan fingerprint density at radius 2 is 1.59 bits per heavy atom. The minimum absolute atomic E-state index is 0.0203. The van der Waals surface area contributed by atoms with Gasteiger partial charge in [0.2, 0.25) is 27.6 Å². The van der Waals surface area contributed by atoms with Gasteiger partial charge in [0.15, 0.2) is 0 Å². The molecule has 1 unspecified atom stereocenters. The third-order valence-electron chi connectivity index (χ3n) is 10.6. The van der Waals surface area contributed by atoms with Gasteiger partial charge in [-0.3, -0.25) is 19.2 Å². The fourth-order valence-corrected chi connectivity index (χ4v) is 7.46. The zero-order valence-electron chi connectivity index (χ0n) is 31.1. The molecule has 14 heteroatoms. The standard InChI is InChI=1S/C35H60N6O7S/c1-12-17-36-30(44)27(42)24(18-21-13-14-21)37-29(43)26-22-15-16-35(8,9)23(22)19-41(26)31(45)28(34(5,6)7)39-32(46)38-25(33(2,3)4)20-40(10)49(11,47)48/h12,21-26,28H,1,13-20H2,2-11H3,(H,36,44)(H,37,43)(H2,38,39,46)/t22-,23-,24?,25+,26-,28+/m0/s1. The summed E-state index contributed by atoms with van der Waals surface area (Å²) in [7, 11) is -2.06. The number of sulfonamides is 1. The molecule has 2 aliphatic carbocycles. The molecular weight excluding hydrogens is 648 g/mol. The molecule has 49 heavy (non-hydrogen) atoms. The van der Waals surface area contributed by atoms with E-state index in [9.17, 15) is 32.4 Å². The Morgan fingerprint density at radius 1 is 0.980 bits per heavy atom. The van der Waals surface area contributed by atoms with Crippen LogP contribution in [0.4, 0.5) is 4.79 Å². The van der Waals surface area contributed by atoms with Gasteiger partial charge in [-0.1, -0.05) is 74.3 Å². The van der Waals surface area contributed by atoms with Crippen molar-refractivity contribution in [3.63, 3.8) is 0 Å². The minimum Gasteiger partial charge on any atom is -0.346 e. The fourth-order valence-electron chi connectivity index (χ4n) is 7.04. The summed E-state index contributed by atoms with van der Waals surface area (Å²) in [5.41, 5.74) is -1.42. The number of carbonyl (C=O) groups excluding carboxylic acids is 5. The number of ketones is 1. The van der Waals surface area contributed by atoms with E-state index in [2.05, 4.69) is 41.7 Å². The van der Waals surface area contributed by atoms with Crippen LogP contribution in [0.2, 0.25) is 0 Å². The zero-order valence-corrected chi connectivity index (χ0v) is 32.0. The number of fused-ring (bicyclic) bond motifs is 1. The highest BCUT2D eigenvalue weighted by atomic mass is 32.2. The molecule has 13 nitrogen and oxygen atoms in total. The van der Waals surface area contributed by atoms with Gasteiger partial charge in [0.1, 0.15) is 12.1 Å². The van der Waals surface area contributed by atoms with E-state index in [1.165, 1.54) is 17.4 Å². The van der Waals surface area contributed by atoms with E-state index >= 15 is 0 Å². The number of amides is 5. The topological polar surface area (TPSA) is 174 Å². The lowest BCUT2D eigenvalue weighted by Crippen LogP contribution is -2.62. The van der Waals surface area contributed by atoms with Crippen LogP contribution in [0, 0.1) is 34.0 Å². The second-order valence-corrected chi connectivity index (χ2v) is 19.3. The van der Waals surface area contributed by atoms with E-state index in [1.54, 1.807) is 4.90 Å². The number of urea groups is 1. The van der Waals surface area contributed by atoms with Gasteiger partial charge in [-0.2, -0.15) is 0 Å². The SMILES string of the molecule is C=CCNC(=O)C(=O)C(CC1CC1)NC(=O)[C@@H]1[C@H]2CCC(C)(C)[C@H]2CN1C(=O)[C@@H](NC(=O)N[C@H](CN(C)S(C)(=O)=O)C(C)(C)C)C(C)(C)C. The maximum atomic E-state index is 14.6. The summed E-state index contributed by atoms with van der Waals surface area (Å²) in [5.74, 6) is -2.29. The summed E-state index contributed by atoms with van der Waals surface area (Å²) in [5, 5.41) is 11.2. The molecule has 2 saturated carbocycles. The summed E-state index contributed by atoms with van der Waals surface area (Å²) in [6, 6.07) is -4.15. The van der Waals surface area contributed by atoms with Crippen LogP contribution in [0.5, 0.6) is 0 Å². The predicted molar refractivity (Wildman–Crippen MR) is 189 cm³/mol. The van der Waals surface area contributed by atoms with E-state index in [1.807, 2.05) is 41.5 Å². The van der Waals surface area contributed by atoms with E-state index in [0.29, 0.717) is 13.0 Å². The Morgan fingerprint density at radius 3 is 2.10 bits per heavy atom. The molecule has 0 aromatic rings. The number of hydrogen-bond acceptors (Lipinski definition) is 7. The average Bonchev–Trinajstić information content (AvgIpc) is 3.62. The van der Waals surface area contributed by atoms with E-state index in [0.717, 1.165) is 31.9 Å². The second kappa shape index (κ2) is 15.1. The highest BCUT2D eigenvalue weighted by Crippen LogP contribution is 2.53. The number of likely N-dealkylation sites (N-methyl/N-ethyl adjacent to an activating group) is 1. The highest BCUT2D eigenvalue weighted by molar-refractivity contribution is 7.88. The normalized spacial score (nSPS) is 24.0. The van der Waals surface area contributed by atoms with Crippen molar-refractivity contribution in [2.75, 3.05) is 32.9 Å². The average molecular weight is 709 g/mol. The van der Waals surface area contributed by atoms with Crippen LogP contribution in [-0.4, -0.2) is 104 Å². The minimum atomic E-state index is -3.51. The van der Waals surface area contributed by atoms with Gasteiger partial charge in [0.25, 0.3) is 5.91 Å². The van der Waals surface area contributed by atoms with Crippen LogP contribution in [0.3, 0.4) is 0 Å². The monoisotopic (exact) mass is 708 g/mol. The summed E-state index contributed by atoms with van der Waals surface area (Å²) in [6.07, 6.45) is 6.36. The van der Waals surface area contributed by atoms with Gasteiger partial charge in [-0.05, 0) is 53.3 Å². The first-order valence-electron chi connectivity index (χ1n) is 17.4. The molecule has 0 aromatic carbocycles. The van der Waals surface area contributed by atoms with Crippen molar-refractivity contribution >= 4 is 39.6 Å². The van der Waals surface area contributed by atoms with E-state index in [-0.39, 0.29) is 36.3 Å².